The van der Waals surface area contributed by atoms with Crippen LogP contribution in [0.5, 0.6) is 0 Å². The topological polar surface area (TPSA) is 9.23 Å². The number of rotatable bonds is 3. The van der Waals surface area contributed by atoms with Crippen molar-refractivity contribution < 1.29 is 4.18 Å². The lowest BCUT2D eigenvalue weighted by Gasteiger charge is -2.19. The van der Waals surface area contributed by atoms with Gasteiger partial charge in [-0.25, -0.2) is 0 Å². The summed E-state index contributed by atoms with van der Waals surface area (Å²) in [5.74, 6) is 0. The maximum Gasteiger partial charge on any atom is 0.144 e. The van der Waals surface area contributed by atoms with E-state index in [1.807, 2.05) is 0 Å². The third kappa shape index (κ3) is 8.37. The van der Waals surface area contributed by atoms with Gasteiger partial charge in [-0.15, -0.1) is 0 Å². The minimum atomic E-state index is -0.00502. The minimum absolute atomic E-state index is 0.00502. The highest BCUT2D eigenvalue weighted by atomic mass is 32.2. The summed E-state index contributed by atoms with van der Waals surface area (Å²) in [6, 6.07) is 0. The van der Waals surface area contributed by atoms with Crippen LogP contribution in [-0.2, 0) is 4.18 Å². The summed E-state index contributed by atoms with van der Waals surface area (Å²) < 4.78 is 5.41. The van der Waals surface area contributed by atoms with E-state index in [0.717, 1.165) is 0 Å². The van der Waals surface area contributed by atoms with E-state index >= 15 is 0 Å². The lowest BCUT2D eigenvalue weighted by Crippen LogP contribution is -2.21. The van der Waals surface area contributed by atoms with Crippen molar-refractivity contribution in [2.24, 2.45) is 0 Å². The Labute approximate surface area is 63.2 Å². The molecule has 0 saturated carbocycles. The van der Waals surface area contributed by atoms with E-state index in [4.69, 9.17) is 4.18 Å². The normalized spacial score (nSPS) is 12.6. The first-order chi connectivity index (χ1) is 3.92. The molecule has 0 heterocycles. The van der Waals surface area contributed by atoms with Gasteiger partial charge in [0.1, 0.15) is 7.85 Å². The van der Waals surface area contributed by atoms with E-state index in [1.54, 1.807) is 0 Å². The molecule has 0 aromatic carbocycles. The van der Waals surface area contributed by atoms with Gasteiger partial charge in [0.25, 0.3) is 0 Å². The molecule has 0 N–H and O–H groups in total. The van der Waals surface area contributed by atoms with Crippen LogP contribution in [0.4, 0.5) is 0 Å². The Morgan fingerprint density at radius 1 is 1.44 bits per heavy atom. The van der Waals surface area contributed by atoms with Crippen LogP contribution in [0.2, 0.25) is 0 Å². The molecule has 0 aliphatic carbocycles. The molecule has 0 spiro atoms. The van der Waals surface area contributed by atoms with Crippen molar-refractivity contribution in [2.75, 3.05) is 0 Å². The first-order valence-electron chi connectivity index (χ1n) is 3.26. The van der Waals surface area contributed by atoms with Crippen LogP contribution in [0.1, 0.15) is 27.7 Å². The molecule has 9 heavy (non-hydrogen) atoms. The fourth-order valence-electron chi connectivity index (χ4n) is 0.241. The number of hydrogen-bond donors (Lipinski definition) is 0. The Morgan fingerprint density at radius 3 is 2.00 bits per heavy atom. The summed E-state index contributed by atoms with van der Waals surface area (Å²) in [4.78, 5) is 0. The van der Waals surface area contributed by atoms with Crippen molar-refractivity contribution in [3.05, 3.63) is 0 Å². The quantitative estimate of drug-likeness (QED) is 0.440. The highest BCUT2D eigenvalue weighted by Gasteiger charge is 2.11. The molecule has 0 amide bonds. The van der Waals surface area contributed by atoms with Crippen LogP contribution in [0, 0.1) is 0 Å². The summed E-state index contributed by atoms with van der Waals surface area (Å²) in [7, 11) is 2.06. The van der Waals surface area contributed by atoms with Gasteiger partial charge in [-0.3, -0.25) is 0 Å². The fraction of sp³-hybridized carbons (Fsp3) is 1.00. The van der Waals surface area contributed by atoms with Gasteiger partial charge in [0.05, 0.1) is 0 Å². The first-order valence-corrected chi connectivity index (χ1v) is 4.07. The monoisotopic (exact) mass is 146 g/mol. The van der Waals surface area contributed by atoms with Crippen LogP contribution in [-0.4, -0.2) is 18.6 Å². The van der Waals surface area contributed by atoms with Gasteiger partial charge in [0.15, 0.2) is 0 Å². The lowest BCUT2D eigenvalue weighted by molar-refractivity contribution is 0.238. The summed E-state index contributed by atoms with van der Waals surface area (Å²) >= 11 is 1.54. The van der Waals surface area contributed by atoms with Crippen LogP contribution < -0.4 is 0 Å². The molecule has 1 nitrogen and oxygen atoms in total. The van der Waals surface area contributed by atoms with E-state index in [1.165, 1.54) is 12.0 Å². The Hall–Kier alpha value is 0.375. The molecule has 54 valence electrons. The highest BCUT2D eigenvalue weighted by Crippen LogP contribution is 2.18. The molecule has 0 aromatic heterocycles. The Balaban J connectivity index is 3.28. The Morgan fingerprint density at radius 2 is 1.89 bits per heavy atom. The molecule has 0 radical (unpaired) electrons. The predicted octanol–water partition coefficient (Wildman–Crippen LogP) is 1.43. The van der Waals surface area contributed by atoms with Gasteiger partial charge in [0.2, 0.25) is 0 Å². The number of hydrogen-bond acceptors (Lipinski definition) is 2. The molecule has 0 rings (SSSR count). The zero-order valence-corrected chi connectivity index (χ0v) is 7.71. The van der Waals surface area contributed by atoms with Gasteiger partial charge in [-0.1, -0.05) is 13.8 Å². The fourth-order valence-corrected chi connectivity index (χ4v) is 0.722. The van der Waals surface area contributed by atoms with Crippen molar-refractivity contribution in [3.8, 4) is 0 Å². The molecular weight excluding hydrogens is 131 g/mol. The lowest BCUT2D eigenvalue weighted by atomic mass is 9.86. The first kappa shape index (κ1) is 9.37. The summed E-state index contributed by atoms with van der Waals surface area (Å²) in [5, 5.41) is 0.559. The second kappa shape index (κ2) is 3.52. The minimum Gasteiger partial charge on any atom is -0.318 e. The predicted molar refractivity (Wildman–Crippen MR) is 46.4 cm³/mol. The highest BCUT2D eigenvalue weighted by molar-refractivity contribution is 7.95. The van der Waals surface area contributed by atoms with Crippen molar-refractivity contribution in [3.63, 3.8) is 0 Å². The van der Waals surface area contributed by atoms with E-state index in [-0.39, 0.29) is 5.50 Å². The van der Waals surface area contributed by atoms with Crippen LogP contribution in [0.3, 0.4) is 0 Å². The molecule has 0 saturated heterocycles. The van der Waals surface area contributed by atoms with Crippen molar-refractivity contribution in [1.29, 1.82) is 0 Å². The average Bonchev–Trinajstić information content (AvgIpc) is 1.59. The Bertz CT molecular complexity index is 77.6. The van der Waals surface area contributed by atoms with E-state index < -0.39 is 0 Å². The molecule has 0 aliphatic rings. The molecule has 3 heteroatoms. The van der Waals surface area contributed by atoms with Gasteiger partial charge >= 0.3 is 0 Å². The molecule has 0 aliphatic heterocycles. The van der Waals surface area contributed by atoms with E-state index in [2.05, 4.69) is 35.5 Å². The SMILES string of the molecule is BC(C)(C)OSC(C)C. The zero-order valence-electron chi connectivity index (χ0n) is 6.89. The molecular formula is C6H15BOS. The van der Waals surface area contributed by atoms with Crippen LogP contribution in [0.15, 0.2) is 0 Å². The summed E-state index contributed by atoms with van der Waals surface area (Å²) in [6.07, 6.45) is 0. The summed E-state index contributed by atoms with van der Waals surface area (Å²) in [6.45, 7) is 8.36. The van der Waals surface area contributed by atoms with Gasteiger partial charge in [0, 0.05) is 10.8 Å². The van der Waals surface area contributed by atoms with Gasteiger partial charge < -0.3 is 4.18 Å². The molecule has 0 fully saturated rings. The largest absolute Gasteiger partial charge is 0.318 e. The maximum atomic E-state index is 5.41. The van der Waals surface area contributed by atoms with Gasteiger partial charge in [-0.2, -0.15) is 0 Å². The Kier molecular flexibility index (Phi) is 3.67. The second-order valence-corrected chi connectivity index (χ2v) is 4.64. The van der Waals surface area contributed by atoms with Gasteiger partial charge in [-0.05, 0) is 25.9 Å². The molecule has 0 aromatic rings. The molecule has 0 unspecified atom stereocenters. The third-order valence-electron chi connectivity index (χ3n) is 0.491. The van der Waals surface area contributed by atoms with Crippen molar-refractivity contribution >= 4 is 19.9 Å². The third-order valence-corrected chi connectivity index (χ3v) is 1.47. The van der Waals surface area contributed by atoms with Crippen LogP contribution >= 0.6 is 12.0 Å². The van der Waals surface area contributed by atoms with E-state index in [0.29, 0.717) is 5.25 Å². The smallest absolute Gasteiger partial charge is 0.144 e. The molecule has 0 atom stereocenters. The van der Waals surface area contributed by atoms with Crippen molar-refractivity contribution in [2.45, 2.75) is 38.4 Å². The maximum absolute atomic E-state index is 5.41. The molecule has 0 bridgehead atoms. The van der Waals surface area contributed by atoms with E-state index in [9.17, 15) is 0 Å². The summed E-state index contributed by atoms with van der Waals surface area (Å²) in [5.41, 5.74) is -0.00502. The van der Waals surface area contributed by atoms with Crippen LogP contribution in [0.25, 0.3) is 0 Å². The average molecular weight is 146 g/mol. The second-order valence-electron chi connectivity index (χ2n) is 3.34. The van der Waals surface area contributed by atoms with Crippen molar-refractivity contribution in [1.82, 2.24) is 0 Å². The standard InChI is InChI=1S/C6H15BOS/c1-5(2)9-8-6(3,4)7/h5H,7H2,1-4H3. The zero-order chi connectivity index (χ0) is 7.49.